The molecule has 0 aliphatic heterocycles. The number of para-hydroxylation sites is 1. The molecular formula is C35H45N3O4. The first kappa shape index (κ1) is 32.4. The van der Waals surface area contributed by atoms with E-state index in [9.17, 15) is 14.4 Å². The molecule has 2 N–H and O–H groups in total. The monoisotopic (exact) mass is 571 g/mol. The van der Waals surface area contributed by atoms with Crippen molar-refractivity contribution >= 4 is 23.6 Å². The number of nitrogens with zero attached hydrogens (tertiary/aromatic N) is 1. The van der Waals surface area contributed by atoms with E-state index in [-0.39, 0.29) is 24.3 Å². The summed E-state index contributed by atoms with van der Waals surface area (Å²) in [5.74, 6) is -0.676. The molecule has 0 fully saturated rings. The molecular weight excluding hydrogens is 526 g/mol. The number of alkyl carbamates (subject to hydrolysis) is 1. The predicted octanol–water partition coefficient (Wildman–Crippen LogP) is 7.05. The number of hydrogen-bond acceptors (Lipinski definition) is 4. The van der Waals surface area contributed by atoms with Gasteiger partial charge < -0.3 is 20.3 Å². The van der Waals surface area contributed by atoms with Crippen LogP contribution in [0.3, 0.4) is 0 Å². The Labute approximate surface area is 250 Å². The Kier molecular flexibility index (Phi) is 10.9. The van der Waals surface area contributed by atoms with E-state index in [1.807, 2.05) is 107 Å². The highest BCUT2D eigenvalue weighted by Crippen LogP contribution is 2.30. The Balaban J connectivity index is 2.11. The fourth-order valence-corrected chi connectivity index (χ4v) is 4.96. The number of carbonyl (C=O) groups is 3. The minimum absolute atomic E-state index is 0.241. The van der Waals surface area contributed by atoms with Crippen molar-refractivity contribution in [1.82, 2.24) is 10.2 Å². The van der Waals surface area contributed by atoms with Gasteiger partial charge >= 0.3 is 6.09 Å². The van der Waals surface area contributed by atoms with E-state index in [1.54, 1.807) is 25.7 Å². The molecule has 42 heavy (non-hydrogen) atoms. The molecule has 224 valence electrons. The number of rotatable bonds is 10. The zero-order valence-corrected chi connectivity index (χ0v) is 26.2. The molecule has 0 bridgehead atoms. The maximum atomic E-state index is 14.6. The van der Waals surface area contributed by atoms with Crippen molar-refractivity contribution in [3.05, 3.63) is 101 Å². The van der Waals surface area contributed by atoms with E-state index in [4.69, 9.17) is 4.74 Å². The lowest BCUT2D eigenvalue weighted by Crippen LogP contribution is -2.55. The van der Waals surface area contributed by atoms with Crippen molar-refractivity contribution in [3.8, 4) is 0 Å². The van der Waals surface area contributed by atoms with Gasteiger partial charge in [0.2, 0.25) is 5.91 Å². The van der Waals surface area contributed by atoms with Gasteiger partial charge in [-0.15, -0.1) is 0 Å². The molecule has 0 radical (unpaired) electrons. The Morgan fingerprint density at radius 1 is 0.881 bits per heavy atom. The van der Waals surface area contributed by atoms with Crippen LogP contribution in [0.1, 0.15) is 74.9 Å². The van der Waals surface area contributed by atoms with Crippen LogP contribution in [0.25, 0.3) is 0 Å². The second-order valence-corrected chi connectivity index (χ2v) is 12.0. The van der Waals surface area contributed by atoms with Crippen molar-refractivity contribution in [2.45, 2.75) is 92.0 Å². The number of nitrogens with one attached hydrogen (secondary N) is 2. The Morgan fingerprint density at radius 2 is 1.50 bits per heavy atom. The first-order valence-electron chi connectivity index (χ1n) is 14.6. The maximum Gasteiger partial charge on any atom is 0.408 e. The topological polar surface area (TPSA) is 87.7 Å². The Morgan fingerprint density at radius 3 is 2.07 bits per heavy atom. The highest BCUT2D eigenvalue weighted by atomic mass is 16.6. The summed E-state index contributed by atoms with van der Waals surface area (Å²) in [6.07, 6.45) is 0.160. The number of benzene rings is 3. The van der Waals surface area contributed by atoms with Crippen LogP contribution in [0.2, 0.25) is 0 Å². The average molecular weight is 572 g/mol. The molecule has 0 aromatic heterocycles. The lowest BCUT2D eigenvalue weighted by molar-refractivity contribution is -0.143. The van der Waals surface area contributed by atoms with Crippen LogP contribution in [-0.4, -0.2) is 40.5 Å². The van der Waals surface area contributed by atoms with Crippen LogP contribution in [0, 0.1) is 20.8 Å². The van der Waals surface area contributed by atoms with Crippen LogP contribution in [0.15, 0.2) is 72.8 Å². The van der Waals surface area contributed by atoms with E-state index in [1.165, 1.54) is 0 Å². The summed E-state index contributed by atoms with van der Waals surface area (Å²) in [4.78, 5) is 43.5. The molecule has 3 aromatic rings. The van der Waals surface area contributed by atoms with Gasteiger partial charge in [0.15, 0.2) is 0 Å². The number of hydrogen-bond donors (Lipinski definition) is 2. The van der Waals surface area contributed by atoms with Gasteiger partial charge in [0.1, 0.15) is 17.7 Å². The Hall–Kier alpha value is -4.13. The summed E-state index contributed by atoms with van der Waals surface area (Å²) in [5.41, 5.74) is 4.40. The molecule has 0 heterocycles. The maximum absolute atomic E-state index is 14.6. The van der Waals surface area contributed by atoms with Crippen molar-refractivity contribution in [1.29, 1.82) is 0 Å². The van der Waals surface area contributed by atoms with Crippen LogP contribution >= 0.6 is 0 Å². The van der Waals surface area contributed by atoms with E-state index in [0.29, 0.717) is 12.0 Å². The molecule has 0 saturated heterocycles. The van der Waals surface area contributed by atoms with Gasteiger partial charge in [-0.3, -0.25) is 9.59 Å². The highest BCUT2D eigenvalue weighted by Gasteiger charge is 2.39. The summed E-state index contributed by atoms with van der Waals surface area (Å²) in [6.45, 7) is 15.1. The number of ether oxygens (including phenoxy) is 1. The molecule has 3 atom stereocenters. The highest BCUT2D eigenvalue weighted by molar-refractivity contribution is 6.00. The summed E-state index contributed by atoms with van der Waals surface area (Å²) in [6, 6.07) is 20.8. The molecule has 3 rings (SSSR count). The first-order valence-corrected chi connectivity index (χ1v) is 14.6. The summed E-state index contributed by atoms with van der Waals surface area (Å²) < 4.78 is 5.54. The first-order chi connectivity index (χ1) is 19.8. The van der Waals surface area contributed by atoms with E-state index < -0.39 is 23.8 Å². The second kappa shape index (κ2) is 14.2. The standard InChI is InChI=1S/C35H45N3O4/c1-9-26(5)38(33(40)29(22-27-18-11-10-12-19-27)36-34(41)42-35(6,7)8)31(28-20-13-15-23(2)21-28)32(39)37-30-24(3)16-14-17-25(30)4/h10-21,26,29,31H,9,22H2,1-8H3,(H,36,41)(H,37,39). The number of aryl methyl sites for hydroxylation is 3. The summed E-state index contributed by atoms with van der Waals surface area (Å²) in [7, 11) is 0. The largest absolute Gasteiger partial charge is 0.444 e. The fourth-order valence-electron chi connectivity index (χ4n) is 4.96. The molecule has 3 unspecified atom stereocenters. The van der Waals surface area contributed by atoms with Crippen molar-refractivity contribution in [2.75, 3.05) is 5.32 Å². The van der Waals surface area contributed by atoms with Crippen molar-refractivity contribution < 1.29 is 19.1 Å². The van der Waals surface area contributed by atoms with Gasteiger partial charge in [0, 0.05) is 18.2 Å². The van der Waals surface area contributed by atoms with Gasteiger partial charge in [0.05, 0.1) is 0 Å². The van der Waals surface area contributed by atoms with Crippen molar-refractivity contribution in [2.24, 2.45) is 0 Å². The van der Waals surface area contributed by atoms with Gasteiger partial charge in [-0.05, 0) is 77.1 Å². The van der Waals surface area contributed by atoms with E-state index >= 15 is 0 Å². The smallest absolute Gasteiger partial charge is 0.408 e. The molecule has 3 aromatic carbocycles. The molecule has 0 aliphatic carbocycles. The minimum Gasteiger partial charge on any atom is -0.444 e. The molecule has 7 heteroatoms. The second-order valence-electron chi connectivity index (χ2n) is 12.0. The summed E-state index contributed by atoms with van der Waals surface area (Å²) in [5, 5.41) is 5.95. The third-order valence-electron chi connectivity index (χ3n) is 7.21. The number of carbonyl (C=O) groups excluding carboxylic acids is 3. The van der Waals surface area contributed by atoms with Gasteiger partial charge in [-0.25, -0.2) is 4.79 Å². The van der Waals surface area contributed by atoms with Crippen LogP contribution in [-0.2, 0) is 20.7 Å². The lowest BCUT2D eigenvalue weighted by Gasteiger charge is -2.38. The fraction of sp³-hybridized carbons (Fsp3) is 0.400. The Bertz CT molecular complexity index is 1360. The molecule has 0 spiro atoms. The van der Waals surface area contributed by atoms with Gasteiger partial charge in [-0.1, -0.05) is 85.3 Å². The lowest BCUT2D eigenvalue weighted by atomic mass is 9.96. The van der Waals surface area contributed by atoms with Crippen LogP contribution in [0.4, 0.5) is 10.5 Å². The minimum atomic E-state index is -0.962. The zero-order valence-electron chi connectivity index (χ0n) is 26.2. The SMILES string of the molecule is CCC(C)N(C(=O)C(Cc1ccccc1)NC(=O)OC(C)(C)C)C(C(=O)Nc1c(C)cccc1C)c1cccc(C)c1. The molecule has 3 amide bonds. The van der Waals surface area contributed by atoms with Gasteiger partial charge in [-0.2, -0.15) is 0 Å². The normalized spacial score (nSPS) is 13.4. The van der Waals surface area contributed by atoms with Crippen LogP contribution < -0.4 is 10.6 Å². The quantitative estimate of drug-likeness (QED) is 0.273. The van der Waals surface area contributed by atoms with Crippen molar-refractivity contribution in [3.63, 3.8) is 0 Å². The van der Waals surface area contributed by atoms with Crippen LogP contribution in [0.5, 0.6) is 0 Å². The third kappa shape index (κ3) is 8.68. The van der Waals surface area contributed by atoms with E-state index in [0.717, 1.165) is 27.9 Å². The molecule has 7 nitrogen and oxygen atoms in total. The average Bonchev–Trinajstić information content (AvgIpc) is 2.92. The number of amides is 3. The molecule has 0 aliphatic rings. The summed E-state index contributed by atoms with van der Waals surface area (Å²) >= 11 is 0. The zero-order chi connectivity index (χ0) is 31.0. The van der Waals surface area contributed by atoms with E-state index in [2.05, 4.69) is 10.6 Å². The third-order valence-corrected chi connectivity index (χ3v) is 7.21. The molecule has 0 saturated carbocycles. The van der Waals surface area contributed by atoms with Gasteiger partial charge in [0.25, 0.3) is 5.91 Å². The predicted molar refractivity (Wildman–Crippen MR) is 168 cm³/mol. The number of anilines is 1.